The van der Waals surface area contributed by atoms with Gasteiger partial charge in [0.15, 0.2) is 17.5 Å². The van der Waals surface area contributed by atoms with Crippen LogP contribution in [0, 0.1) is 17.6 Å². The summed E-state index contributed by atoms with van der Waals surface area (Å²) in [5.74, 6) is -3.12. The number of hydrogen-bond donors (Lipinski definition) is 3. The number of carbonyl (C=O) groups is 1. The maximum atomic E-state index is 15.3. The summed E-state index contributed by atoms with van der Waals surface area (Å²) in [6, 6.07) is 3.86. The number of nitrogens with one attached hydrogen (secondary N) is 2. The first-order chi connectivity index (χ1) is 14.8. The number of aromatic amines is 1. The van der Waals surface area contributed by atoms with Crippen molar-refractivity contribution >= 4 is 22.8 Å². The highest BCUT2D eigenvalue weighted by atomic mass is 19.1. The topological polar surface area (TPSA) is 117 Å². The molecule has 158 valence electrons. The van der Waals surface area contributed by atoms with E-state index < -0.39 is 29.6 Å². The maximum Gasteiger partial charge on any atom is 0.308 e. The number of H-pyrrole nitrogens is 1. The molecule has 2 atom stereocenters. The van der Waals surface area contributed by atoms with Crippen molar-refractivity contribution in [2.24, 2.45) is 5.92 Å². The molecule has 0 aliphatic heterocycles. The molecule has 4 rings (SSSR count). The summed E-state index contributed by atoms with van der Waals surface area (Å²) in [6.45, 7) is 3.13. The highest BCUT2D eigenvalue weighted by Gasteiger charge is 2.24. The van der Waals surface area contributed by atoms with E-state index in [9.17, 15) is 14.3 Å². The molecule has 8 nitrogen and oxygen atoms in total. The van der Waals surface area contributed by atoms with Gasteiger partial charge in [0.1, 0.15) is 17.2 Å². The number of hydrogen-bond acceptors (Lipinski definition) is 6. The third kappa shape index (κ3) is 3.91. The van der Waals surface area contributed by atoms with Gasteiger partial charge in [-0.3, -0.25) is 9.78 Å². The fraction of sp³-hybridized carbons (Fsp3) is 0.190. The van der Waals surface area contributed by atoms with Crippen molar-refractivity contribution in [2.45, 2.75) is 19.9 Å². The second kappa shape index (κ2) is 8.05. The smallest absolute Gasteiger partial charge is 0.308 e. The first-order valence-electron chi connectivity index (χ1n) is 9.45. The molecule has 0 spiro atoms. The minimum absolute atomic E-state index is 0.00351. The van der Waals surface area contributed by atoms with E-state index >= 15 is 4.39 Å². The van der Waals surface area contributed by atoms with Crippen LogP contribution in [0.25, 0.3) is 33.7 Å². The Labute approximate surface area is 175 Å². The lowest BCUT2D eigenvalue weighted by Gasteiger charge is -2.20. The van der Waals surface area contributed by atoms with Crippen molar-refractivity contribution in [2.75, 3.05) is 5.32 Å². The normalized spacial score (nSPS) is 13.2. The molecule has 0 aliphatic carbocycles. The molecule has 0 saturated carbocycles. The van der Waals surface area contributed by atoms with Crippen LogP contribution in [0.5, 0.6) is 0 Å². The highest BCUT2D eigenvalue weighted by Crippen LogP contribution is 2.32. The van der Waals surface area contributed by atoms with Crippen LogP contribution in [-0.2, 0) is 4.79 Å². The zero-order chi connectivity index (χ0) is 22.1. The molecule has 4 heterocycles. The number of aliphatic carboxylic acids is 1. The number of carboxylic acid groups (broad SMARTS) is 1. The van der Waals surface area contributed by atoms with Gasteiger partial charge in [-0.25, -0.2) is 23.7 Å². The van der Waals surface area contributed by atoms with E-state index in [0.717, 1.165) is 6.20 Å². The number of rotatable bonds is 6. The van der Waals surface area contributed by atoms with Crippen LogP contribution in [0.1, 0.15) is 13.8 Å². The Morgan fingerprint density at radius 3 is 2.65 bits per heavy atom. The number of nitrogens with zero attached hydrogens (tertiary/aromatic N) is 4. The second-order valence-corrected chi connectivity index (χ2v) is 7.11. The molecule has 0 aliphatic rings. The molecular formula is C21H18F2N6O2. The summed E-state index contributed by atoms with van der Waals surface area (Å²) in [7, 11) is 0. The molecule has 0 unspecified atom stereocenters. The second-order valence-electron chi connectivity index (χ2n) is 7.11. The number of halogens is 2. The zero-order valence-corrected chi connectivity index (χ0v) is 16.6. The monoisotopic (exact) mass is 424 g/mol. The van der Waals surface area contributed by atoms with Gasteiger partial charge >= 0.3 is 5.97 Å². The van der Waals surface area contributed by atoms with E-state index in [2.05, 4.69) is 30.2 Å². The Bertz CT molecular complexity index is 1260. The van der Waals surface area contributed by atoms with Gasteiger partial charge in [-0.15, -0.1) is 0 Å². The standard InChI is InChI=1S/C21H18F2N6O2/c1-10(21(30)31)11(2)27-20-16(23)17(12-3-5-24-6-4-12)28-19(29-20)15-9-26-18-14(15)7-13(22)8-25-18/h3-11H,1-2H3,(H,25,26)(H,30,31)(H,27,28,29)/t10-,11-/m0/s1. The molecule has 3 N–H and O–H groups in total. The quantitative estimate of drug-likeness (QED) is 0.430. The lowest BCUT2D eigenvalue weighted by Crippen LogP contribution is -2.30. The number of fused-ring (bicyclic) bond motifs is 1. The Morgan fingerprint density at radius 1 is 1.19 bits per heavy atom. The van der Waals surface area contributed by atoms with Gasteiger partial charge in [0, 0.05) is 41.1 Å². The number of pyridine rings is 2. The molecule has 4 aromatic heterocycles. The average Bonchev–Trinajstić information content (AvgIpc) is 3.18. The Kier molecular flexibility index (Phi) is 5.28. The van der Waals surface area contributed by atoms with Crippen LogP contribution >= 0.6 is 0 Å². The molecule has 31 heavy (non-hydrogen) atoms. The summed E-state index contributed by atoms with van der Waals surface area (Å²) in [4.78, 5) is 30.8. The van der Waals surface area contributed by atoms with Crippen molar-refractivity contribution in [3.8, 4) is 22.6 Å². The molecule has 0 radical (unpaired) electrons. The van der Waals surface area contributed by atoms with Crippen LogP contribution < -0.4 is 5.32 Å². The predicted octanol–water partition coefficient (Wildman–Crippen LogP) is 3.88. The molecule has 0 amide bonds. The summed E-state index contributed by atoms with van der Waals surface area (Å²) >= 11 is 0. The Morgan fingerprint density at radius 2 is 1.94 bits per heavy atom. The lowest BCUT2D eigenvalue weighted by atomic mass is 10.0. The summed E-state index contributed by atoms with van der Waals surface area (Å²) < 4.78 is 29.1. The van der Waals surface area contributed by atoms with E-state index in [1.165, 1.54) is 25.4 Å². The van der Waals surface area contributed by atoms with Crippen molar-refractivity contribution in [3.63, 3.8) is 0 Å². The number of anilines is 1. The lowest BCUT2D eigenvalue weighted by molar-refractivity contribution is -0.141. The molecular weight excluding hydrogens is 406 g/mol. The van der Waals surface area contributed by atoms with Crippen molar-refractivity contribution in [1.82, 2.24) is 24.9 Å². The first-order valence-corrected chi connectivity index (χ1v) is 9.45. The van der Waals surface area contributed by atoms with Gasteiger partial charge in [0.05, 0.1) is 12.1 Å². The molecule has 10 heteroatoms. The average molecular weight is 424 g/mol. The van der Waals surface area contributed by atoms with Crippen molar-refractivity contribution in [1.29, 1.82) is 0 Å². The highest BCUT2D eigenvalue weighted by molar-refractivity contribution is 5.92. The van der Waals surface area contributed by atoms with E-state index in [1.54, 1.807) is 25.3 Å². The van der Waals surface area contributed by atoms with Crippen LogP contribution in [0.4, 0.5) is 14.6 Å². The summed E-state index contributed by atoms with van der Waals surface area (Å²) in [6.07, 6.45) is 5.65. The van der Waals surface area contributed by atoms with Crippen LogP contribution in [0.15, 0.2) is 43.0 Å². The predicted molar refractivity (Wildman–Crippen MR) is 110 cm³/mol. The van der Waals surface area contributed by atoms with Gasteiger partial charge in [-0.2, -0.15) is 0 Å². The molecule has 0 fully saturated rings. The Hall–Kier alpha value is -3.95. The van der Waals surface area contributed by atoms with Gasteiger partial charge in [0.25, 0.3) is 0 Å². The summed E-state index contributed by atoms with van der Waals surface area (Å²) in [5.41, 5.74) is 1.32. The zero-order valence-electron chi connectivity index (χ0n) is 16.6. The Balaban J connectivity index is 1.89. The van der Waals surface area contributed by atoms with Crippen molar-refractivity contribution in [3.05, 3.63) is 54.6 Å². The van der Waals surface area contributed by atoms with Crippen molar-refractivity contribution < 1.29 is 18.7 Å². The van der Waals surface area contributed by atoms with E-state index in [0.29, 0.717) is 22.2 Å². The van der Waals surface area contributed by atoms with Gasteiger partial charge in [0.2, 0.25) is 0 Å². The van der Waals surface area contributed by atoms with Gasteiger partial charge in [-0.1, -0.05) is 0 Å². The van der Waals surface area contributed by atoms with Crippen LogP contribution in [0.3, 0.4) is 0 Å². The first kappa shape index (κ1) is 20.3. The van der Waals surface area contributed by atoms with Gasteiger partial charge < -0.3 is 15.4 Å². The molecule has 4 aromatic rings. The SMILES string of the molecule is C[C@H](Nc1nc(-c2c[nH]c3ncc(F)cc23)nc(-c2ccncc2)c1F)[C@H](C)C(=O)O. The van der Waals surface area contributed by atoms with Crippen LogP contribution in [-0.4, -0.2) is 42.0 Å². The minimum atomic E-state index is -1.03. The molecule has 0 saturated heterocycles. The third-order valence-corrected chi connectivity index (χ3v) is 5.05. The largest absolute Gasteiger partial charge is 0.481 e. The fourth-order valence-electron chi connectivity index (χ4n) is 3.08. The minimum Gasteiger partial charge on any atom is -0.481 e. The maximum absolute atomic E-state index is 15.3. The van der Waals surface area contributed by atoms with Crippen LogP contribution in [0.2, 0.25) is 0 Å². The van der Waals surface area contributed by atoms with Gasteiger partial charge in [-0.05, 0) is 32.0 Å². The number of aromatic nitrogens is 5. The van der Waals surface area contributed by atoms with E-state index in [1.807, 2.05) is 0 Å². The molecule has 0 aromatic carbocycles. The van der Waals surface area contributed by atoms with E-state index in [-0.39, 0.29) is 17.3 Å². The number of carboxylic acids is 1. The van der Waals surface area contributed by atoms with E-state index in [4.69, 9.17) is 0 Å². The molecule has 0 bridgehead atoms. The fourth-order valence-corrected chi connectivity index (χ4v) is 3.08. The summed E-state index contributed by atoms with van der Waals surface area (Å²) in [5, 5.41) is 12.5. The third-order valence-electron chi connectivity index (χ3n) is 5.05.